The summed E-state index contributed by atoms with van der Waals surface area (Å²) in [7, 11) is 3.30. The Bertz CT molecular complexity index is 842. The van der Waals surface area contributed by atoms with Gasteiger partial charge in [0.05, 0.1) is 33.0 Å². The van der Waals surface area contributed by atoms with Crippen molar-refractivity contribution in [2.75, 3.05) is 32.6 Å². The predicted octanol–water partition coefficient (Wildman–Crippen LogP) is 3.01. The van der Waals surface area contributed by atoms with Gasteiger partial charge in [0.25, 0.3) is 0 Å². The van der Waals surface area contributed by atoms with Crippen LogP contribution in [0.5, 0.6) is 11.5 Å². The molecule has 7 nitrogen and oxygen atoms in total. The molecule has 0 bridgehead atoms. The van der Waals surface area contributed by atoms with Crippen molar-refractivity contribution in [3.63, 3.8) is 0 Å². The van der Waals surface area contributed by atoms with Gasteiger partial charge in [-0.25, -0.2) is 4.68 Å². The van der Waals surface area contributed by atoms with Crippen molar-refractivity contribution in [1.82, 2.24) is 14.7 Å². The van der Waals surface area contributed by atoms with E-state index in [4.69, 9.17) is 9.47 Å². The van der Waals surface area contributed by atoms with Gasteiger partial charge in [-0.3, -0.25) is 9.69 Å². The Hall–Kier alpha value is -2.54. The van der Waals surface area contributed by atoms with Gasteiger partial charge in [-0.2, -0.15) is 5.10 Å². The lowest BCUT2D eigenvalue weighted by Crippen LogP contribution is -2.37. The summed E-state index contributed by atoms with van der Waals surface area (Å²) < 4.78 is 12.8. The number of aromatic nitrogens is 2. The second-order valence-corrected chi connectivity index (χ2v) is 7.58. The molecular weight excluding hydrogens is 356 g/mol. The van der Waals surface area contributed by atoms with Gasteiger partial charge < -0.3 is 14.8 Å². The van der Waals surface area contributed by atoms with E-state index in [1.807, 2.05) is 22.9 Å². The molecule has 0 radical (unpaired) electrons. The Morgan fingerprint density at radius 3 is 2.61 bits per heavy atom. The average molecular weight is 384 g/mol. The van der Waals surface area contributed by atoms with Gasteiger partial charge in [0.2, 0.25) is 5.91 Å². The highest BCUT2D eigenvalue weighted by Gasteiger charge is 2.23. The summed E-state index contributed by atoms with van der Waals surface area (Å²) >= 11 is 0. The van der Waals surface area contributed by atoms with Crippen LogP contribution in [0.3, 0.4) is 0 Å². The van der Waals surface area contributed by atoms with Crippen LogP contribution in [0.15, 0.2) is 24.4 Å². The molecule has 0 saturated heterocycles. The topological polar surface area (TPSA) is 68.6 Å². The standard InChI is InChI=1S/C21H28N4O3/c1-27-18-11-15-8-10-24(13-16(15)12-19(18)28-2)14-21(26)23-20-7-9-22-25(20)17-5-3-4-6-17/h7,9,11-12,17H,3-6,8,10,13-14H2,1-2H3,(H,23,26). The van der Waals surface area contributed by atoms with Crippen LogP contribution in [0.25, 0.3) is 0 Å². The molecule has 1 aliphatic heterocycles. The third-order valence-electron chi connectivity index (χ3n) is 5.77. The molecule has 4 rings (SSSR count). The molecule has 2 aliphatic rings. The summed E-state index contributed by atoms with van der Waals surface area (Å²) in [5.41, 5.74) is 2.45. The fourth-order valence-electron chi connectivity index (χ4n) is 4.32. The van der Waals surface area contributed by atoms with Crippen molar-refractivity contribution >= 4 is 11.7 Å². The number of nitrogens with one attached hydrogen (secondary N) is 1. The van der Waals surface area contributed by atoms with Gasteiger partial charge in [-0.15, -0.1) is 0 Å². The molecule has 2 aromatic rings. The van der Waals surface area contributed by atoms with Crippen molar-refractivity contribution < 1.29 is 14.3 Å². The van der Waals surface area contributed by atoms with Crippen molar-refractivity contribution in [2.45, 2.75) is 44.7 Å². The average Bonchev–Trinajstić information content (AvgIpc) is 3.38. The van der Waals surface area contributed by atoms with E-state index in [1.54, 1.807) is 20.4 Å². The van der Waals surface area contributed by atoms with Crippen LogP contribution in [0.1, 0.15) is 42.9 Å². The maximum atomic E-state index is 12.6. The second-order valence-electron chi connectivity index (χ2n) is 7.58. The molecule has 1 aliphatic carbocycles. The van der Waals surface area contributed by atoms with Gasteiger partial charge in [0, 0.05) is 19.2 Å². The lowest BCUT2D eigenvalue weighted by Gasteiger charge is -2.29. The number of methoxy groups -OCH3 is 2. The largest absolute Gasteiger partial charge is 0.493 e. The normalized spacial score (nSPS) is 17.4. The van der Waals surface area contributed by atoms with Crippen LogP contribution in [-0.2, 0) is 17.8 Å². The monoisotopic (exact) mass is 384 g/mol. The van der Waals surface area contributed by atoms with Gasteiger partial charge >= 0.3 is 0 Å². The Morgan fingerprint density at radius 2 is 1.89 bits per heavy atom. The number of ether oxygens (including phenoxy) is 2. The van der Waals surface area contributed by atoms with Gasteiger partial charge in [-0.1, -0.05) is 12.8 Å². The lowest BCUT2D eigenvalue weighted by molar-refractivity contribution is -0.117. The minimum absolute atomic E-state index is 0.00340. The predicted molar refractivity (Wildman–Crippen MR) is 107 cm³/mol. The molecule has 1 N–H and O–H groups in total. The Labute approximate surface area is 165 Å². The number of hydrogen-bond acceptors (Lipinski definition) is 5. The van der Waals surface area contributed by atoms with Crippen LogP contribution in [0.2, 0.25) is 0 Å². The van der Waals surface area contributed by atoms with Crippen LogP contribution < -0.4 is 14.8 Å². The molecule has 0 atom stereocenters. The molecule has 1 amide bonds. The maximum absolute atomic E-state index is 12.6. The first-order chi connectivity index (χ1) is 13.7. The molecule has 7 heteroatoms. The lowest BCUT2D eigenvalue weighted by atomic mass is 9.99. The highest BCUT2D eigenvalue weighted by Crippen LogP contribution is 2.33. The smallest absolute Gasteiger partial charge is 0.239 e. The minimum atomic E-state index is 0.00340. The quantitative estimate of drug-likeness (QED) is 0.829. The third-order valence-corrected chi connectivity index (χ3v) is 5.77. The Kier molecular flexibility index (Phi) is 5.52. The highest BCUT2D eigenvalue weighted by atomic mass is 16.5. The molecule has 2 heterocycles. The van der Waals surface area contributed by atoms with Crippen LogP contribution in [0.4, 0.5) is 5.82 Å². The van der Waals surface area contributed by atoms with E-state index in [2.05, 4.69) is 15.3 Å². The number of nitrogens with zero attached hydrogens (tertiary/aromatic N) is 3. The third kappa shape index (κ3) is 3.85. The van der Waals surface area contributed by atoms with Crippen molar-refractivity contribution in [1.29, 1.82) is 0 Å². The number of fused-ring (bicyclic) bond motifs is 1. The molecular formula is C21H28N4O3. The van der Waals surface area contributed by atoms with E-state index in [-0.39, 0.29) is 5.91 Å². The number of benzene rings is 1. The van der Waals surface area contributed by atoms with Gasteiger partial charge in [-0.05, 0) is 42.5 Å². The molecule has 1 saturated carbocycles. The number of rotatable bonds is 6. The van der Waals surface area contributed by atoms with Gasteiger partial charge in [0.15, 0.2) is 11.5 Å². The van der Waals surface area contributed by atoms with Crippen molar-refractivity contribution in [2.24, 2.45) is 0 Å². The Balaban J connectivity index is 1.39. The summed E-state index contributed by atoms with van der Waals surface area (Å²) in [6.45, 7) is 1.94. The van der Waals surface area contributed by atoms with E-state index in [0.29, 0.717) is 12.6 Å². The molecule has 1 fully saturated rings. The van der Waals surface area contributed by atoms with Crippen LogP contribution in [-0.4, -0.2) is 47.9 Å². The number of anilines is 1. The Morgan fingerprint density at radius 1 is 1.18 bits per heavy atom. The zero-order valence-corrected chi connectivity index (χ0v) is 16.6. The zero-order chi connectivity index (χ0) is 19.5. The summed E-state index contributed by atoms with van der Waals surface area (Å²) in [4.78, 5) is 14.8. The molecule has 0 unspecified atom stereocenters. The van der Waals surface area contributed by atoms with Crippen molar-refractivity contribution in [3.8, 4) is 11.5 Å². The first kappa shape index (κ1) is 18.8. The van der Waals surface area contributed by atoms with E-state index >= 15 is 0 Å². The molecule has 1 aromatic heterocycles. The molecule has 0 spiro atoms. The summed E-state index contributed by atoms with van der Waals surface area (Å²) in [6.07, 6.45) is 7.41. The molecule has 28 heavy (non-hydrogen) atoms. The van der Waals surface area contributed by atoms with E-state index in [9.17, 15) is 4.79 Å². The first-order valence-corrected chi connectivity index (χ1v) is 9.97. The summed E-state index contributed by atoms with van der Waals surface area (Å²) in [5, 5.41) is 7.48. The SMILES string of the molecule is COc1cc2c(cc1OC)CN(CC(=O)Nc1ccnn1C1CCCC1)CC2. The summed E-state index contributed by atoms with van der Waals surface area (Å²) in [6, 6.07) is 6.37. The number of amides is 1. The number of carbonyl (C=O) groups is 1. The number of hydrogen-bond donors (Lipinski definition) is 1. The minimum Gasteiger partial charge on any atom is -0.493 e. The van der Waals surface area contributed by atoms with Crippen LogP contribution in [0, 0.1) is 0 Å². The fraction of sp³-hybridized carbons (Fsp3) is 0.524. The highest BCUT2D eigenvalue weighted by molar-refractivity contribution is 5.91. The molecule has 150 valence electrons. The van der Waals surface area contributed by atoms with Crippen LogP contribution >= 0.6 is 0 Å². The zero-order valence-electron chi connectivity index (χ0n) is 16.6. The maximum Gasteiger partial charge on any atom is 0.239 e. The van der Waals surface area contributed by atoms with E-state index < -0.39 is 0 Å². The first-order valence-electron chi connectivity index (χ1n) is 9.97. The summed E-state index contributed by atoms with van der Waals surface area (Å²) in [5.74, 6) is 2.30. The number of carbonyl (C=O) groups excluding carboxylic acids is 1. The van der Waals surface area contributed by atoms with Crippen molar-refractivity contribution in [3.05, 3.63) is 35.5 Å². The van der Waals surface area contributed by atoms with E-state index in [0.717, 1.165) is 49.7 Å². The fourth-order valence-corrected chi connectivity index (χ4v) is 4.32. The van der Waals surface area contributed by atoms with Gasteiger partial charge in [0.1, 0.15) is 5.82 Å². The second kappa shape index (κ2) is 8.22. The van der Waals surface area contributed by atoms with E-state index in [1.165, 1.54) is 24.0 Å². The molecule has 1 aromatic carbocycles.